The summed E-state index contributed by atoms with van der Waals surface area (Å²) in [5.41, 5.74) is 0. The van der Waals surface area contributed by atoms with Gasteiger partial charge in [-0.3, -0.25) is 4.18 Å². The molecule has 1 N–H and O–H groups in total. The number of hydrogen-bond acceptors (Lipinski definition) is 4. The monoisotopic (exact) mass is 187 g/mol. The van der Waals surface area contributed by atoms with Crippen LogP contribution in [0.2, 0.25) is 0 Å². The molecule has 0 amide bonds. The lowest BCUT2D eigenvalue weighted by atomic mass is 10.3. The molecule has 0 heterocycles. The Morgan fingerprint density at radius 1 is 1.80 bits per heavy atom. The van der Waals surface area contributed by atoms with Gasteiger partial charge in [-0.05, 0) is 6.42 Å². The lowest BCUT2D eigenvalue weighted by Gasteiger charge is -2.09. The summed E-state index contributed by atoms with van der Waals surface area (Å²) in [5, 5.41) is 8.82. The third-order valence-corrected chi connectivity index (χ3v) is 1.35. The van der Waals surface area contributed by atoms with Crippen molar-refractivity contribution >= 4 is 23.0 Å². The number of rotatable bonds is 5. The Morgan fingerprint density at radius 3 is 2.80 bits per heavy atom. The van der Waals surface area contributed by atoms with Gasteiger partial charge in [-0.2, -0.15) is 0 Å². The highest BCUT2D eigenvalue weighted by Gasteiger charge is 2.01. The average Bonchev–Trinajstić information content (AvgIpc) is 1.85. The second kappa shape index (κ2) is 6.06. The van der Waals surface area contributed by atoms with Crippen LogP contribution in [-0.4, -0.2) is 32.5 Å². The van der Waals surface area contributed by atoms with Crippen molar-refractivity contribution in [2.75, 3.05) is 12.5 Å². The van der Waals surface area contributed by atoms with E-state index in [0.717, 1.165) is 0 Å². The molecule has 0 aromatic rings. The molecule has 0 aromatic carbocycles. The number of aliphatic hydroxyl groups is 1. The summed E-state index contributed by atoms with van der Waals surface area (Å²) in [6.07, 6.45) is -0.464. The minimum atomic E-state index is -2.54. The van der Waals surface area contributed by atoms with E-state index >= 15 is 0 Å². The lowest BCUT2D eigenvalue weighted by Crippen LogP contribution is -2.16. The third kappa shape index (κ3) is 6.44. The van der Waals surface area contributed by atoms with E-state index in [1.165, 1.54) is 0 Å². The van der Waals surface area contributed by atoms with Gasteiger partial charge in [0.25, 0.3) is 0 Å². The van der Waals surface area contributed by atoms with Crippen molar-refractivity contribution in [2.45, 2.75) is 12.5 Å². The fourth-order valence-electron chi connectivity index (χ4n) is 0.343. The first-order chi connectivity index (χ1) is 4.66. The average molecular weight is 188 g/mol. The number of hydrogen-bond donors (Lipinski definition) is 1. The molecule has 0 spiro atoms. The Labute approximate surface area is 66.6 Å². The first-order valence-electron chi connectivity index (χ1n) is 2.63. The van der Waals surface area contributed by atoms with Gasteiger partial charge in [0, 0.05) is 5.88 Å². The number of aliphatic hydroxyl groups excluding tert-OH is 1. The Kier molecular flexibility index (Phi) is 6.25. The van der Waals surface area contributed by atoms with Crippen LogP contribution in [0.5, 0.6) is 0 Å². The highest BCUT2D eigenvalue weighted by atomic mass is 35.5. The van der Waals surface area contributed by atoms with E-state index in [0.29, 0.717) is 6.42 Å². The van der Waals surface area contributed by atoms with Crippen LogP contribution in [0.25, 0.3) is 0 Å². The van der Waals surface area contributed by atoms with Crippen molar-refractivity contribution in [1.29, 1.82) is 0 Å². The molecular formula is C4H8ClO4S-. The zero-order valence-corrected chi connectivity index (χ0v) is 6.73. The summed E-state index contributed by atoms with van der Waals surface area (Å²) in [6.45, 7) is -0.219. The quantitative estimate of drug-likeness (QED) is 0.478. The predicted octanol–water partition coefficient (Wildman–Crippen LogP) is -0.213. The Balaban J connectivity index is 3.21. The second-order valence-corrected chi connectivity index (χ2v) is 2.64. The highest BCUT2D eigenvalue weighted by molar-refractivity contribution is 7.74. The van der Waals surface area contributed by atoms with Crippen LogP contribution < -0.4 is 0 Å². The van der Waals surface area contributed by atoms with Gasteiger partial charge >= 0.3 is 0 Å². The Morgan fingerprint density at radius 2 is 2.40 bits per heavy atom. The number of alkyl halides is 1. The molecule has 4 nitrogen and oxygen atoms in total. The molecule has 0 fully saturated rings. The standard InChI is InChI=1S/C4H9ClO4S/c5-2-1-4(6)3-9-10(7)8/h4,6H,1-3H2,(H,7,8)/p-1. The van der Waals surface area contributed by atoms with Gasteiger partial charge in [-0.15, -0.1) is 11.6 Å². The zero-order valence-electron chi connectivity index (χ0n) is 5.16. The zero-order chi connectivity index (χ0) is 7.98. The van der Waals surface area contributed by atoms with Crippen LogP contribution in [0.15, 0.2) is 0 Å². The molecule has 0 saturated carbocycles. The van der Waals surface area contributed by atoms with Crippen LogP contribution in [0.4, 0.5) is 0 Å². The summed E-state index contributed by atoms with van der Waals surface area (Å²) >= 11 is 2.70. The van der Waals surface area contributed by atoms with Crippen molar-refractivity contribution in [3.63, 3.8) is 0 Å². The molecule has 0 radical (unpaired) electrons. The maximum atomic E-state index is 9.74. The number of halogens is 1. The summed E-state index contributed by atoms with van der Waals surface area (Å²) in [6, 6.07) is 0. The molecule has 0 aliphatic rings. The van der Waals surface area contributed by atoms with Gasteiger partial charge in [-0.25, -0.2) is 4.21 Å². The molecule has 0 bridgehead atoms. The van der Waals surface area contributed by atoms with Crippen LogP contribution in [-0.2, 0) is 15.5 Å². The predicted molar refractivity (Wildman–Crippen MR) is 36.2 cm³/mol. The van der Waals surface area contributed by atoms with Crippen molar-refractivity contribution in [3.8, 4) is 0 Å². The summed E-state index contributed by atoms with van der Waals surface area (Å²) in [4.78, 5) is 0. The smallest absolute Gasteiger partial charge is 0.0888 e. The van der Waals surface area contributed by atoms with E-state index in [-0.39, 0.29) is 12.5 Å². The summed E-state index contributed by atoms with van der Waals surface area (Å²) in [5.74, 6) is 0.288. The van der Waals surface area contributed by atoms with Crippen LogP contribution in [0, 0.1) is 0 Å². The normalized spacial score (nSPS) is 16.7. The van der Waals surface area contributed by atoms with Gasteiger partial charge in [0.05, 0.1) is 24.1 Å². The van der Waals surface area contributed by atoms with Gasteiger partial charge < -0.3 is 9.66 Å². The maximum absolute atomic E-state index is 9.74. The Hall–Kier alpha value is 0.320. The van der Waals surface area contributed by atoms with Crippen molar-refractivity contribution in [3.05, 3.63) is 0 Å². The summed E-state index contributed by atoms with van der Waals surface area (Å²) in [7, 11) is 0. The molecule has 10 heavy (non-hydrogen) atoms. The van der Waals surface area contributed by atoms with Crippen molar-refractivity contribution in [2.24, 2.45) is 0 Å². The maximum Gasteiger partial charge on any atom is 0.0888 e. The molecule has 0 aliphatic heterocycles. The molecule has 2 atom stereocenters. The van der Waals surface area contributed by atoms with Crippen LogP contribution >= 0.6 is 11.6 Å². The van der Waals surface area contributed by atoms with Gasteiger partial charge in [0.2, 0.25) is 0 Å². The van der Waals surface area contributed by atoms with Gasteiger partial charge in [0.1, 0.15) is 0 Å². The highest BCUT2D eigenvalue weighted by Crippen LogP contribution is 1.95. The molecule has 2 unspecified atom stereocenters. The van der Waals surface area contributed by atoms with Crippen LogP contribution in [0.1, 0.15) is 6.42 Å². The van der Waals surface area contributed by atoms with E-state index in [4.69, 9.17) is 16.7 Å². The van der Waals surface area contributed by atoms with E-state index < -0.39 is 17.5 Å². The molecule has 0 saturated heterocycles. The van der Waals surface area contributed by atoms with E-state index in [9.17, 15) is 8.76 Å². The molecule has 0 rings (SSSR count). The lowest BCUT2D eigenvalue weighted by molar-refractivity contribution is 0.106. The molecule has 6 heteroatoms. The fraction of sp³-hybridized carbons (Fsp3) is 1.00. The molecule has 62 valence electrons. The SMILES string of the molecule is O=S([O-])OCC(O)CCCl. The van der Waals surface area contributed by atoms with E-state index in [1.54, 1.807) is 0 Å². The Bertz CT molecular complexity index is 109. The second-order valence-electron chi connectivity index (χ2n) is 1.62. The topological polar surface area (TPSA) is 69.6 Å². The summed E-state index contributed by atoms with van der Waals surface area (Å²) < 4.78 is 23.5. The van der Waals surface area contributed by atoms with E-state index in [1.807, 2.05) is 0 Å². The van der Waals surface area contributed by atoms with Gasteiger partial charge in [0.15, 0.2) is 0 Å². The third-order valence-electron chi connectivity index (χ3n) is 0.799. The first kappa shape index (κ1) is 10.3. The molecule has 0 aliphatic carbocycles. The van der Waals surface area contributed by atoms with Crippen LogP contribution in [0.3, 0.4) is 0 Å². The van der Waals surface area contributed by atoms with Gasteiger partial charge in [-0.1, -0.05) is 0 Å². The van der Waals surface area contributed by atoms with Crippen molar-refractivity contribution in [1.82, 2.24) is 0 Å². The minimum Gasteiger partial charge on any atom is -0.750 e. The minimum absolute atomic E-state index is 0.219. The first-order valence-corrected chi connectivity index (χ1v) is 4.17. The van der Waals surface area contributed by atoms with E-state index in [2.05, 4.69) is 4.18 Å². The molecular weight excluding hydrogens is 180 g/mol. The van der Waals surface area contributed by atoms with Crippen molar-refractivity contribution < 1.29 is 18.1 Å². The fourth-order valence-corrected chi connectivity index (χ4v) is 0.863. The largest absolute Gasteiger partial charge is 0.750 e. The molecule has 0 aromatic heterocycles.